The number of hydrogen-bond donors (Lipinski definition) is 3. The molecule has 2 saturated heterocycles. The van der Waals surface area contributed by atoms with Gasteiger partial charge in [-0.3, -0.25) is 19.8 Å². The molecule has 19 heteroatoms. The zero-order valence-corrected chi connectivity index (χ0v) is 39.1. The van der Waals surface area contributed by atoms with Gasteiger partial charge in [-0.15, -0.1) is 0 Å². The number of nitrogens with zero attached hydrogens (tertiary/aromatic N) is 5. The van der Waals surface area contributed by atoms with E-state index in [4.69, 9.17) is 35.5 Å². The number of hydrogen-bond acceptors (Lipinski definition) is 14. The number of allylic oxidation sites excluding steroid dienone is 1. The molecule has 0 bridgehead atoms. The number of H-pyrrole nitrogens is 1. The van der Waals surface area contributed by atoms with Gasteiger partial charge in [0.1, 0.15) is 30.1 Å². The molecular formula is C48H53ClN8O9S. The maximum Gasteiger partial charge on any atom is 0.297 e. The predicted molar refractivity (Wildman–Crippen MR) is 256 cm³/mol. The molecule has 352 valence electrons. The SMILES string of the molecule is C[C@@H]1CN(c2cc(N3CCN(CC4=C(c5ccc(Cl)cc5)CC(C)(C)CC4)CC3)ccc2C(=O)NS(=O)(=O)c2cc3c(c([N+](=O)[O-])c2)N[C@H]([C@@H]2COCCO2)CO3)c2cc3cc[nH]c3nc2O1. The Bertz CT molecular complexity index is 2880. The van der Waals surface area contributed by atoms with Gasteiger partial charge in [0, 0.05) is 67.1 Å². The number of rotatable bonds is 10. The molecule has 4 aliphatic heterocycles. The number of sulfonamides is 1. The molecule has 1 amide bonds. The summed E-state index contributed by atoms with van der Waals surface area (Å²) in [6.45, 7) is 12.0. The number of nitro benzene ring substituents is 1. The number of carbonyl (C=O) groups is 1. The zero-order valence-electron chi connectivity index (χ0n) is 37.5. The van der Waals surface area contributed by atoms with Gasteiger partial charge in [-0.25, -0.2) is 13.1 Å². The van der Waals surface area contributed by atoms with Crippen LogP contribution in [0.25, 0.3) is 16.6 Å². The van der Waals surface area contributed by atoms with Crippen molar-refractivity contribution in [2.75, 3.05) is 80.8 Å². The normalized spacial score (nSPS) is 22.0. The number of amides is 1. The Morgan fingerprint density at radius 2 is 1.82 bits per heavy atom. The van der Waals surface area contributed by atoms with Gasteiger partial charge in [-0.1, -0.05) is 43.2 Å². The van der Waals surface area contributed by atoms with Gasteiger partial charge in [-0.2, -0.15) is 4.98 Å². The van der Waals surface area contributed by atoms with Crippen molar-refractivity contribution in [2.45, 2.75) is 63.2 Å². The summed E-state index contributed by atoms with van der Waals surface area (Å²) in [5, 5.41) is 17.1. The fourth-order valence-corrected chi connectivity index (χ4v) is 10.9. The summed E-state index contributed by atoms with van der Waals surface area (Å²) in [6, 6.07) is 19.0. The van der Waals surface area contributed by atoms with Crippen molar-refractivity contribution in [3.8, 4) is 11.6 Å². The van der Waals surface area contributed by atoms with Gasteiger partial charge in [0.25, 0.3) is 21.6 Å². The van der Waals surface area contributed by atoms with Crippen LogP contribution in [0.5, 0.6) is 11.6 Å². The molecule has 2 fully saturated rings. The van der Waals surface area contributed by atoms with E-state index >= 15 is 0 Å². The number of fused-ring (bicyclic) bond motifs is 3. The van der Waals surface area contributed by atoms with Crippen LogP contribution in [0.1, 0.15) is 56.0 Å². The first-order valence-corrected chi connectivity index (χ1v) is 24.5. The van der Waals surface area contributed by atoms with E-state index in [1.165, 1.54) is 22.8 Å². The molecule has 2 aromatic heterocycles. The minimum Gasteiger partial charge on any atom is -0.489 e. The third kappa shape index (κ3) is 9.24. The molecule has 0 unspecified atom stereocenters. The number of pyridine rings is 1. The second-order valence-corrected chi connectivity index (χ2v) is 20.8. The molecule has 17 nitrogen and oxygen atoms in total. The van der Waals surface area contributed by atoms with Gasteiger partial charge in [-0.05, 0) is 85.2 Å². The Balaban J connectivity index is 0.937. The number of nitrogens with one attached hydrogen (secondary N) is 3. The molecule has 1 aliphatic carbocycles. The molecular weight excluding hydrogens is 900 g/mol. The Kier molecular flexibility index (Phi) is 12.0. The average Bonchev–Trinajstić information content (AvgIpc) is 3.78. The smallest absolute Gasteiger partial charge is 0.297 e. The summed E-state index contributed by atoms with van der Waals surface area (Å²) in [5.74, 6) is -0.592. The Hall–Kier alpha value is -5.92. The van der Waals surface area contributed by atoms with Gasteiger partial charge in [0.2, 0.25) is 5.88 Å². The summed E-state index contributed by atoms with van der Waals surface area (Å²) in [6.07, 6.45) is 4.19. The van der Waals surface area contributed by atoms with E-state index in [9.17, 15) is 23.3 Å². The van der Waals surface area contributed by atoms with Crippen LogP contribution >= 0.6 is 11.6 Å². The third-order valence-electron chi connectivity index (χ3n) is 13.4. The lowest BCUT2D eigenvalue weighted by Gasteiger charge is -2.40. The van der Waals surface area contributed by atoms with Crippen LogP contribution in [-0.2, 0) is 19.5 Å². The number of aromatic amines is 1. The minimum absolute atomic E-state index is 0.0162. The largest absolute Gasteiger partial charge is 0.489 e. The van der Waals surface area contributed by atoms with Crippen LogP contribution in [-0.4, -0.2) is 118 Å². The molecule has 67 heavy (non-hydrogen) atoms. The van der Waals surface area contributed by atoms with E-state index in [0.29, 0.717) is 42.7 Å². The van der Waals surface area contributed by atoms with Crippen molar-refractivity contribution >= 4 is 72.6 Å². The van der Waals surface area contributed by atoms with Crippen molar-refractivity contribution < 1.29 is 37.1 Å². The number of piperazine rings is 1. The first-order valence-electron chi connectivity index (χ1n) is 22.7. The Morgan fingerprint density at radius 3 is 2.58 bits per heavy atom. The second-order valence-electron chi connectivity index (χ2n) is 18.7. The van der Waals surface area contributed by atoms with Crippen molar-refractivity contribution in [2.24, 2.45) is 5.41 Å². The number of ether oxygens (including phenoxy) is 4. The molecule has 5 aliphatic rings. The minimum atomic E-state index is -4.69. The van der Waals surface area contributed by atoms with Gasteiger partial charge in [0.05, 0.1) is 53.5 Å². The van der Waals surface area contributed by atoms with Crippen LogP contribution in [0.4, 0.5) is 28.4 Å². The van der Waals surface area contributed by atoms with Crippen molar-refractivity contribution in [3.05, 3.63) is 105 Å². The van der Waals surface area contributed by atoms with Crippen LogP contribution in [0.3, 0.4) is 0 Å². The van der Waals surface area contributed by atoms with E-state index in [2.05, 4.69) is 50.8 Å². The number of nitro groups is 1. The summed E-state index contributed by atoms with van der Waals surface area (Å²) < 4.78 is 53.9. The molecule has 10 rings (SSSR count). The average molecular weight is 954 g/mol. The predicted octanol–water partition coefficient (Wildman–Crippen LogP) is 7.54. The first kappa shape index (κ1) is 44.9. The quantitative estimate of drug-likeness (QED) is 0.0918. The Labute approximate surface area is 393 Å². The molecule has 3 aromatic carbocycles. The van der Waals surface area contributed by atoms with E-state index in [1.54, 1.807) is 12.3 Å². The summed E-state index contributed by atoms with van der Waals surface area (Å²) >= 11 is 6.27. The molecule has 3 N–H and O–H groups in total. The molecule has 0 radical (unpaired) electrons. The van der Waals surface area contributed by atoms with Gasteiger partial charge >= 0.3 is 0 Å². The summed E-state index contributed by atoms with van der Waals surface area (Å²) in [7, 11) is -4.69. The van der Waals surface area contributed by atoms with E-state index in [-0.39, 0.29) is 41.7 Å². The molecule has 0 saturated carbocycles. The van der Waals surface area contributed by atoms with Gasteiger partial charge < -0.3 is 39.0 Å². The highest BCUT2D eigenvalue weighted by Gasteiger charge is 2.37. The van der Waals surface area contributed by atoms with Crippen LogP contribution in [0.2, 0.25) is 5.02 Å². The summed E-state index contributed by atoms with van der Waals surface area (Å²) in [4.78, 5) is 40.3. The number of carbonyl (C=O) groups excluding carboxylic acids is 1. The molecule has 5 aromatic rings. The lowest BCUT2D eigenvalue weighted by atomic mass is 9.72. The first-order chi connectivity index (χ1) is 32.2. The van der Waals surface area contributed by atoms with Crippen LogP contribution in [0, 0.1) is 15.5 Å². The molecule has 0 spiro atoms. The van der Waals surface area contributed by atoms with E-state index < -0.39 is 43.6 Å². The highest BCUT2D eigenvalue weighted by atomic mass is 35.5. The lowest BCUT2D eigenvalue weighted by Crippen LogP contribution is -2.47. The maximum absolute atomic E-state index is 14.5. The highest BCUT2D eigenvalue weighted by Crippen LogP contribution is 2.45. The van der Waals surface area contributed by atoms with Crippen molar-refractivity contribution in [1.82, 2.24) is 19.6 Å². The maximum atomic E-state index is 14.5. The van der Waals surface area contributed by atoms with Crippen molar-refractivity contribution in [3.63, 3.8) is 0 Å². The van der Waals surface area contributed by atoms with Gasteiger partial charge in [0.15, 0.2) is 11.4 Å². The summed E-state index contributed by atoms with van der Waals surface area (Å²) in [5.41, 5.74) is 6.45. The topological polar surface area (TPSA) is 194 Å². The highest BCUT2D eigenvalue weighted by molar-refractivity contribution is 7.90. The van der Waals surface area contributed by atoms with Crippen LogP contribution < -0.4 is 29.3 Å². The fraction of sp³-hybridized carbons (Fsp3) is 0.417. The number of halogens is 1. The van der Waals surface area contributed by atoms with E-state index in [1.807, 2.05) is 48.2 Å². The fourth-order valence-electron chi connectivity index (χ4n) is 9.79. The molecule has 3 atom stereocenters. The zero-order chi connectivity index (χ0) is 46.6. The number of anilines is 4. The molecule has 6 heterocycles. The number of benzene rings is 3. The second kappa shape index (κ2) is 18.0. The third-order valence-corrected chi connectivity index (χ3v) is 15.0. The monoisotopic (exact) mass is 952 g/mol. The Morgan fingerprint density at radius 1 is 1.01 bits per heavy atom. The standard InChI is InChI=1S/C48H53ClN8O9S/c1-29-25-56(41-20-31-11-13-50-45(31)52-47(41)66-29)39-21-34(55-16-14-54(15-17-55)26-32-10-12-48(2,3)24-37(32)30-4-6-33(49)7-5-30)8-9-36(39)46(58)53-67(61,62)35-22-40(57(59)60)44-42(23-35)65-27-38(51-44)43-28-63-18-19-64-43/h4-9,11,13,20-23,29,38,43,51H,10,12,14-19,24-28H2,1-3H3,(H,50,52)(H,53,58)/t29-,38+,43+/m1/s1. The lowest BCUT2D eigenvalue weighted by molar-refractivity contribution is -0.384. The van der Waals surface area contributed by atoms with Crippen LogP contribution in [0.15, 0.2) is 83.4 Å². The van der Waals surface area contributed by atoms with Crippen molar-refractivity contribution in [1.29, 1.82) is 0 Å². The number of aromatic nitrogens is 2. The van der Waals surface area contributed by atoms with E-state index in [0.717, 1.165) is 74.1 Å².